The fourth-order valence-corrected chi connectivity index (χ4v) is 2.88. The van der Waals surface area contributed by atoms with Crippen molar-refractivity contribution >= 4 is 27.3 Å². The fraction of sp³-hybridized carbons (Fsp3) is 0.692. The Kier molecular flexibility index (Phi) is 8.31. The molecule has 0 amide bonds. The van der Waals surface area contributed by atoms with Crippen LogP contribution in [0.25, 0.3) is 0 Å². The van der Waals surface area contributed by atoms with Gasteiger partial charge in [-0.25, -0.2) is 0 Å². The van der Waals surface area contributed by atoms with Crippen LogP contribution in [0.1, 0.15) is 49.8 Å². The third kappa shape index (κ3) is 7.13. The molecule has 0 radical (unpaired) electrons. The summed E-state index contributed by atoms with van der Waals surface area (Å²) in [6.45, 7) is 0. The van der Waals surface area contributed by atoms with E-state index in [-0.39, 0.29) is 0 Å². The number of unbranched alkanes of at least 4 members (excludes halogenated alkanes) is 6. The van der Waals surface area contributed by atoms with Crippen molar-refractivity contribution in [1.82, 2.24) is 0 Å². The van der Waals surface area contributed by atoms with E-state index in [2.05, 4.69) is 33.4 Å². The average molecular weight is 289 g/mol. The predicted octanol–water partition coefficient (Wildman–Crippen LogP) is 5.42. The second-order valence-corrected chi connectivity index (χ2v) is 5.82. The minimum absolute atomic E-state index is 1.17. The van der Waals surface area contributed by atoms with Gasteiger partial charge in [0, 0.05) is 10.2 Å². The highest BCUT2D eigenvalue weighted by atomic mass is 79.9. The zero-order valence-corrected chi connectivity index (χ0v) is 11.8. The molecule has 15 heavy (non-hydrogen) atoms. The van der Waals surface area contributed by atoms with Crippen molar-refractivity contribution in [3.8, 4) is 0 Å². The molecule has 0 N–H and O–H groups in total. The molecule has 86 valence electrons. The Hall–Kier alpha value is 0.180. The molecule has 0 aliphatic carbocycles. The summed E-state index contributed by atoms with van der Waals surface area (Å²) in [5.74, 6) is 0. The smallest absolute Gasteiger partial charge is 0.00452 e. The largest absolute Gasteiger partial charge is 0.149 e. The summed E-state index contributed by atoms with van der Waals surface area (Å²) in [6.07, 6.45) is 11.1. The van der Waals surface area contributed by atoms with E-state index in [0.717, 1.165) is 0 Å². The second kappa shape index (κ2) is 9.41. The first kappa shape index (κ1) is 13.2. The number of thiophene rings is 1. The van der Waals surface area contributed by atoms with Crippen molar-refractivity contribution < 1.29 is 0 Å². The summed E-state index contributed by atoms with van der Waals surface area (Å²) in [6, 6.07) is 4.40. The van der Waals surface area contributed by atoms with Crippen molar-refractivity contribution in [2.24, 2.45) is 0 Å². The van der Waals surface area contributed by atoms with Gasteiger partial charge in [-0.1, -0.05) is 54.1 Å². The van der Waals surface area contributed by atoms with Gasteiger partial charge in [0.05, 0.1) is 0 Å². The topological polar surface area (TPSA) is 0 Å². The van der Waals surface area contributed by atoms with Gasteiger partial charge in [0.1, 0.15) is 0 Å². The first-order valence-electron chi connectivity index (χ1n) is 6.02. The van der Waals surface area contributed by atoms with Gasteiger partial charge in [0.25, 0.3) is 0 Å². The molecule has 1 aromatic rings. The number of halogens is 1. The number of alkyl halides is 1. The van der Waals surface area contributed by atoms with Gasteiger partial charge in [-0.3, -0.25) is 0 Å². The molecule has 0 saturated heterocycles. The summed E-state index contributed by atoms with van der Waals surface area (Å²) in [7, 11) is 0. The monoisotopic (exact) mass is 288 g/mol. The number of hydrogen-bond acceptors (Lipinski definition) is 1. The first-order valence-corrected chi connectivity index (χ1v) is 8.02. The minimum atomic E-state index is 1.17. The molecule has 0 fully saturated rings. The third-order valence-electron chi connectivity index (χ3n) is 2.64. The lowest BCUT2D eigenvalue weighted by Crippen LogP contribution is -1.83. The maximum atomic E-state index is 3.47. The van der Waals surface area contributed by atoms with Crippen LogP contribution in [0.3, 0.4) is 0 Å². The van der Waals surface area contributed by atoms with Crippen molar-refractivity contribution in [3.63, 3.8) is 0 Å². The van der Waals surface area contributed by atoms with Crippen LogP contribution in [0.2, 0.25) is 0 Å². The molecule has 0 atom stereocenters. The van der Waals surface area contributed by atoms with Gasteiger partial charge in [-0.05, 0) is 30.7 Å². The molecule has 0 aromatic carbocycles. The quantitative estimate of drug-likeness (QED) is 0.421. The Morgan fingerprint density at radius 2 is 1.60 bits per heavy atom. The Bertz CT molecular complexity index is 218. The molecule has 0 saturated carbocycles. The summed E-state index contributed by atoms with van der Waals surface area (Å²) in [5.41, 5.74) is 0. The predicted molar refractivity (Wildman–Crippen MR) is 74.1 cm³/mol. The summed E-state index contributed by atoms with van der Waals surface area (Å²) in [4.78, 5) is 1.55. The van der Waals surface area contributed by atoms with E-state index in [4.69, 9.17) is 0 Å². The number of rotatable bonds is 9. The Labute approximate surface area is 106 Å². The maximum Gasteiger partial charge on any atom is 0.00452 e. The maximum absolute atomic E-state index is 3.47. The first-order chi connectivity index (χ1) is 7.43. The molecule has 2 heteroatoms. The molecule has 1 heterocycles. The van der Waals surface area contributed by atoms with Crippen LogP contribution in [0, 0.1) is 0 Å². The van der Waals surface area contributed by atoms with Crippen molar-refractivity contribution in [2.45, 2.75) is 51.4 Å². The molecule has 0 bridgehead atoms. The van der Waals surface area contributed by atoms with Crippen LogP contribution in [0.15, 0.2) is 17.5 Å². The molecular weight excluding hydrogens is 268 g/mol. The zero-order valence-electron chi connectivity index (χ0n) is 9.38. The van der Waals surface area contributed by atoms with Crippen LogP contribution in [0.5, 0.6) is 0 Å². The molecule has 0 aliphatic heterocycles. The molecule has 0 spiro atoms. The molecule has 1 rings (SSSR count). The van der Waals surface area contributed by atoms with E-state index >= 15 is 0 Å². The minimum Gasteiger partial charge on any atom is -0.149 e. The van der Waals surface area contributed by atoms with E-state index in [0.29, 0.717) is 0 Å². The molecule has 0 nitrogen and oxygen atoms in total. The van der Waals surface area contributed by atoms with Crippen LogP contribution in [-0.4, -0.2) is 5.33 Å². The van der Waals surface area contributed by atoms with Crippen LogP contribution < -0.4 is 0 Å². The Morgan fingerprint density at radius 3 is 2.20 bits per heavy atom. The van der Waals surface area contributed by atoms with E-state index in [1.54, 1.807) is 4.88 Å². The highest BCUT2D eigenvalue weighted by Gasteiger charge is 1.94. The van der Waals surface area contributed by atoms with Gasteiger partial charge in [0.2, 0.25) is 0 Å². The summed E-state index contributed by atoms with van der Waals surface area (Å²) in [5, 5.41) is 3.35. The second-order valence-electron chi connectivity index (χ2n) is 3.99. The van der Waals surface area contributed by atoms with Crippen molar-refractivity contribution in [2.75, 3.05) is 5.33 Å². The number of aryl methyl sites for hydroxylation is 1. The van der Waals surface area contributed by atoms with Crippen molar-refractivity contribution in [1.29, 1.82) is 0 Å². The van der Waals surface area contributed by atoms with E-state index in [9.17, 15) is 0 Å². The Balaban J connectivity index is 1.81. The molecule has 0 aliphatic rings. The van der Waals surface area contributed by atoms with E-state index in [1.807, 2.05) is 11.3 Å². The zero-order chi connectivity index (χ0) is 10.8. The van der Waals surface area contributed by atoms with Gasteiger partial charge in [-0.2, -0.15) is 0 Å². The Morgan fingerprint density at radius 1 is 0.933 bits per heavy atom. The lowest BCUT2D eigenvalue weighted by Gasteiger charge is -2.00. The normalized spacial score (nSPS) is 10.7. The van der Waals surface area contributed by atoms with Gasteiger partial charge >= 0.3 is 0 Å². The number of hydrogen-bond donors (Lipinski definition) is 0. The standard InChI is InChI=1S/C13H21BrS/c14-11-7-5-3-1-2-4-6-9-13-10-8-12-15-13/h8,10,12H,1-7,9,11H2. The van der Waals surface area contributed by atoms with Gasteiger partial charge < -0.3 is 0 Å². The van der Waals surface area contributed by atoms with Gasteiger partial charge in [-0.15, -0.1) is 11.3 Å². The molecule has 0 unspecified atom stereocenters. The lowest BCUT2D eigenvalue weighted by molar-refractivity contribution is 0.592. The van der Waals surface area contributed by atoms with Crippen LogP contribution in [-0.2, 0) is 6.42 Å². The fourth-order valence-electron chi connectivity index (χ4n) is 1.73. The van der Waals surface area contributed by atoms with Crippen LogP contribution >= 0.6 is 27.3 Å². The molecule has 1 aromatic heterocycles. The highest BCUT2D eigenvalue weighted by molar-refractivity contribution is 9.09. The van der Waals surface area contributed by atoms with E-state index in [1.165, 1.54) is 56.7 Å². The highest BCUT2D eigenvalue weighted by Crippen LogP contribution is 2.14. The SMILES string of the molecule is BrCCCCCCCCCc1cccs1. The summed E-state index contributed by atoms with van der Waals surface area (Å²) < 4.78 is 0. The summed E-state index contributed by atoms with van der Waals surface area (Å²) >= 11 is 5.36. The van der Waals surface area contributed by atoms with Gasteiger partial charge in [0.15, 0.2) is 0 Å². The average Bonchev–Trinajstić information content (AvgIpc) is 2.75. The lowest BCUT2D eigenvalue weighted by atomic mass is 10.1. The van der Waals surface area contributed by atoms with Crippen molar-refractivity contribution in [3.05, 3.63) is 22.4 Å². The molecular formula is C13H21BrS. The van der Waals surface area contributed by atoms with Crippen LogP contribution in [0.4, 0.5) is 0 Å². The third-order valence-corrected chi connectivity index (χ3v) is 4.13. The van der Waals surface area contributed by atoms with E-state index < -0.39 is 0 Å².